The van der Waals surface area contributed by atoms with E-state index in [2.05, 4.69) is 27.7 Å². The zero-order valence-electron chi connectivity index (χ0n) is 18.9. The predicted octanol–water partition coefficient (Wildman–Crippen LogP) is 4.67. The number of fused-ring (bicyclic) bond motifs is 1. The lowest BCUT2D eigenvalue weighted by atomic mass is 10.2. The average Bonchev–Trinajstić information content (AvgIpc) is 3.53. The Hall–Kier alpha value is -3.60. The van der Waals surface area contributed by atoms with Gasteiger partial charge in [0.25, 0.3) is 5.56 Å². The van der Waals surface area contributed by atoms with Crippen LogP contribution in [0, 0.1) is 11.3 Å². The van der Waals surface area contributed by atoms with Crippen molar-refractivity contribution < 1.29 is 4.74 Å². The molecule has 2 aromatic carbocycles. The number of nitriles is 1. The van der Waals surface area contributed by atoms with Crippen molar-refractivity contribution in [1.29, 1.82) is 5.26 Å². The highest BCUT2D eigenvalue weighted by atomic mass is 35.5. The SMILES string of the molecule is CC(N1CCCC1)n1ncc2cc(-n3ccc(OCc4ccc(C#N)cc4)cc3=O)ccc21.Cl. The number of aromatic nitrogens is 3. The Kier molecular flexibility index (Phi) is 7.01. The van der Waals surface area contributed by atoms with E-state index in [1.54, 1.807) is 29.0 Å². The van der Waals surface area contributed by atoms with E-state index in [-0.39, 0.29) is 24.1 Å². The number of likely N-dealkylation sites (tertiary alicyclic amines) is 1. The maximum absolute atomic E-state index is 12.8. The molecule has 4 aromatic rings. The lowest BCUT2D eigenvalue weighted by Gasteiger charge is -2.24. The first-order valence-corrected chi connectivity index (χ1v) is 11.2. The first-order chi connectivity index (χ1) is 16.1. The maximum atomic E-state index is 12.8. The Morgan fingerprint density at radius 3 is 2.56 bits per heavy atom. The van der Waals surface area contributed by atoms with Crippen LogP contribution >= 0.6 is 12.4 Å². The Labute approximate surface area is 204 Å². The average molecular weight is 476 g/mol. The van der Waals surface area contributed by atoms with Crippen LogP contribution in [0.4, 0.5) is 0 Å². The highest BCUT2D eigenvalue weighted by molar-refractivity contribution is 5.85. The molecule has 1 aliphatic heterocycles. The number of halogens is 1. The zero-order chi connectivity index (χ0) is 22.8. The van der Waals surface area contributed by atoms with Crippen LogP contribution < -0.4 is 10.3 Å². The van der Waals surface area contributed by atoms with Gasteiger partial charge < -0.3 is 4.74 Å². The summed E-state index contributed by atoms with van der Waals surface area (Å²) in [6.45, 7) is 4.73. The van der Waals surface area contributed by atoms with Crippen LogP contribution in [0.1, 0.15) is 37.1 Å². The standard InChI is InChI=1S/C26H25N5O2.ClH/c1-19(29-11-2-3-12-29)31-25-9-8-23(14-22(25)17-28-31)30-13-10-24(15-26(30)32)33-18-21-6-4-20(16-27)5-7-21;/h4-10,13-15,17,19H,2-3,11-12,18H2,1H3;1H. The van der Waals surface area contributed by atoms with Crippen LogP contribution in [0.5, 0.6) is 5.75 Å². The van der Waals surface area contributed by atoms with E-state index in [4.69, 9.17) is 10.00 Å². The summed E-state index contributed by atoms with van der Waals surface area (Å²) in [6, 6.07) is 18.6. The highest BCUT2D eigenvalue weighted by Gasteiger charge is 2.21. The van der Waals surface area contributed by atoms with Crippen LogP contribution in [0.2, 0.25) is 0 Å². The van der Waals surface area contributed by atoms with Crippen molar-refractivity contribution in [3.05, 3.63) is 88.5 Å². The van der Waals surface area contributed by atoms with Gasteiger partial charge in [0.2, 0.25) is 0 Å². The zero-order valence-corrected chi connectivity index (χ0v) is 19.7. The van der Waals surface area contributed by atoms with Crippen molar-refractivity contribution in [3.63, 3.8) is 0 Å². The molecule has 1 atom stereocenters. The molecule has 1 saturated heterocycles. The molecule has 0 N–H and O–H groups in total. The van der Waals surface area contributed by atoms with Crippen LogP contribution in [0.3, 0.4) is 0 Å². The van der Waals surface area contributed by atoms with E-state index in [1.807, 2.05) is 36.5 Å². The Balaban J connectivity index is 0.00000274. The molecule has 0 aliphatic carbocycles. The Bertz CT molecular complexity index is 1380. The van der Waals surface area contributed by atoms with E-state index in [1.165, 1.54) is 18.9 Å². The molecular weight excluding hydrogens is 450 g/mol. The highest BCUT2D eigenvalue weighted by Crippen LogP contribution is 2.25. The Morgan fingerprint density at radius 2 is 1.85 bits per heavy atom. The minimum absolute atomic E-state index is 0. The third kappa shape index (κ3) is 4.69. The van der Waals surface area contributed by atoms with Crippen molar-refractivity contribution in [1.82, 2.24) is 19.2 Å². The van der Waals surface area contributed by atoms with Crippen LogP contribution in [-0.2, 0) is 6.61 Å². The molecule has 1 aliphatic rings. The lowest BCUT2D eigenvalue weighted by molar-refractivity contribution is 0.184. The van der Waals surface area contributed by atoms with Gasteiger partial charge in [0.1, 0.15) is 18.5 Å². The molecular formula is C26H26ClN5O2. The minimum atomic E-state index is -0.162. The molecule has 0 saturated carbocycles. The molecule has 174 valence electrons. The largest absolute Gasteiger partial charge is 0.489 e. The molecule has 8 heteroatoms. The van der Waals surface area contributed by atoms with Crippen molar-refractivity contribution in [2.75, 3.05) is 13.1 Å². The quantitative estimate of drug-likeness (QED) is 0.405. The van der Waals surface area contributed by atoms with Crippen LogP contribution in [0.15, 0.2) is 71.8 Å². The molecule has 7 nitrogen and oxygen atoms in total. The topological polar surface area (TPSA) is 76.1 Å². The van der Waals surface area contributed by atoms with Gasteiger partial charge in [-0.25, -0.2) is 4.68 Å². The summed E-state index contributed by atoms with van der Waals surface area (Å²) in [5.74, 6) is 0.508. The molecule has 0 amide bonds. The van der Waals surface area contributed by atoms with Gasteiger partial charge in [0, 0.05) is 36.4 Å². The second kappa shape index (κ2) is 10.1. The van der Waals surface area contributed by atoms with Gasteiger partial charge >= 0.3 is 0 Å². The van der Waals surface area contributed by atoms with Gasteiger partial charge in [0.15, 0.2) is 0 Å². The number of rotatable bonds is 6. The molecule has 0 radical (unpaired) electrons. The van der Waals surface area contributed by atoms with Gasteiger partial charge in [-0.05, 0) is 61.7 Å². The van der Waals surface area contributed by atoms with E-state index in [0.29, 0.717) is 17.9 Å². The van der Waals surface area contributed by atoms with Gasteiger partial charge in [0.05, 0.1) is 23.3 Å². The van der Waals surface area contributed by atoms with Gasteiger partial charge in [-0.2, -0.15) is 10.4 Å². The van der Waals surface area contributed by atoms with Crippen LogP contribution in [-0.4, -0.2) is 32.3 Å². The summed E-state index contributed by atoms with van der Waals surface area (Å²) in [5, 5.41) is 14.5. The number of hydrogen-bond donors (Lipinski definition) is 0. The molecule has 2 aromatic heterocycles. The minimum Gasteiger partial charge on any atom is -0.489 e. The fraction of sp³-hybridized carbons (Fsp3) is 0.269. The van der Waals surface area contributed by atoms with E-state index in [0.717, 1.165) is 35.2 Å². The summed E-state index contributed by atoms with van der Waals surface area (Å²) in [5.41, 5.74) is 3.23. The first-order valence-electron chi connectivity index (χ1n) is 11.2. The summed E-state index contributed by atoms with van der Waals surface area (Å²) < 4.78 is 9.44. The van der Waals surface area contributed by atoms with Gasteiger partial charge in [-0.3, -0.25) is 14.3 Å². The van der Waals surface area contributed by atoms with Crippen molar-refractivity contribution in [2.24, 2.45) is 0 Å². The second-order valence-corrected chi connectivity index (χ2v) is 8.38. The van der Waals surface area contributed by atoms with Gasteiger partial charge in [-0.1, -0.05) is 12.1 Å². The van der Waals surface area contributed by atoms with Crippen molar-refractivity contribution in [2.45, 2.75) is 32.5 Å². The smallest absolute Gasteiger partial charge is 0.258 e. The summed E-state index contributed by atoms with van der Waals surface area (Å²) in [6.07, 6.45) is 6.29. The van der Waals surface area contributed by atoms with Gasteiger partial charge in [-0.15, -0.1) is 12.4 Å². The first kappa shape index (κ1) is 23.6. The van der Waals surface area contributed by atoms with Crippen molar-refractivity contribution >= 4 is 23.3 Å². The molecule has 1 unspecified atom stereocenters. The monoisotopic (exact) mass is 475 g/mol. The number of ether oxygens (including phenoxy) is 1. The summed E-state index contributed by atoms with van der Waals surface area (Å²) in [4.78, 5) is 15.2. The van der Waals surface area contributed by atoms with Crippen molar-refractivity contribution in [3.8, 4) is 17.5 Å². The van der Waals surface area contributed by atoms with Crippen LogP contribution in [0.25, 0.3) is 16.6 Å². The molecule has 1 fully saturated rings. The summed E-state index contributed by atoms with van der Waals surface area (Å²) in [7, 11) is 0. The molecule has 0 spiro atoms. The molecule has 0 bridgehead atoms. The third-order valence-corrected chi connectivity index (χ3v) is 6.26. The Morgan fingerprint density at radius 1 is 1.09 bits per heavy atom. The number of pyridine rings is 1. The molecule has 3 heterocycles. The van der Waals surface area contributed by atoms with E-state index in [9.17, 15) is 4.79 Å². The second-order valence-electron chi connectivity index (χ2n) is 8.38. The lowest BCUT2D eigenvalue weighted by Crippen LogP contribution is -2.28. The number of hydrogen-bond acceptors (Lipinski definition) is 5. The van der Waals surface area contributed by atoms with E-state index >= 15 is 0 Å². The summed E-state index contributed by atoms with van der Waals surface area (Å²) >= 11 is 0. The number of benzene rings is 2. The molecule has 5 rings (SSSR count). The fourth-order valence-electron chi connectivity index (χ4n) is 4.36. The molecule has 34 heavy (non-hydrogen) atoms. The normalized spacial score (nSPS) is 14.5. The fourth-order valence-corrected chi connectivity index (χ4v) is 4.36. The predicted molar refractivity (Wildman–Crippen MR) is 134 cm³/mol. The maximum Gasteiger partial charge on any atom is 0.258 e. The number of nitrogens with zero attached hydrogens (tertiary/aromatic N) is 5. The third-order valence-electron chi connectivity index (χ3n) is 6.26. The van der Waals surface area contributed by atoms with E-state index < -0.39 is 0 Å².